The summed E-state index contributed by atoms with van der Waals surface area (Å²) in [5, 5.41) is 0. The summed E-state index contributed by atoms with van der Waals surface area (Å²) in [6.07, 6.45) is 1.79. The molecule has 26 heavy (non-hydrogen) atoms. The second-order valence-electron chi connectivity index (χ2n) is 6.50. The van der Waals surface area contributed by atoms with Gasteiger partial charge in [0.15, 0.2) is 11.3 Å². The highest BCUT2D eigenvalue weighted by Gasteiger charge is 2.40. The molecular weight excluding hydrogens is 396 g/mol. The number of benzene rings is 1. The standard InChI is InChI=1S/C19H19BrN4O2/c1-19(18(26)24(2)11-17(21)23-19)13-5-3-4-12(8-13)9-16(25)15-7-6-14(20)10-22-15/h3-8,10H,9,11H2,1-2H3,(H2,21,23). The highest BCUT2D eigenvalue weighted by Crippen LogP contribution is 2.30. The van der Waals surface area contributed by atoms with Gasteiger partial charge in [-0.1, -0.05) is 24.3 Å². The maximum absolute atomic E-state index is 12.7. The molecule has 1 aromatic carbocycles. The lowest BCUT2D eigenvalue weighted by molar-refractivity contribution is -0.135. The Morgan fingerprint density at radius 3 is 2.81 bits per heavy atom. The number of nitrogens with two attached hydrogens (primary N) is 1. The average molecular weight is 415 g/mol. The van der Waals surface area contributed by atoms with Crippen molar-refractivity contribution in [3.05, 3.63) is 63.9 Å². The monoisotopic (exact) mass is 414 g/mol. The van der Waals surface area contributed by atoms with Gasteiger partial charge in [-0.3, -0.25) is 14.6 Å². The van der Waals surface area contributed by atoms with Crippen LogP contribution in [0.4, 0.5) is 0 Å². The Labute approximate surface area is 160 Å². The normalized spacial score (nSPS) is 20.0. The number of pyridine rings is 1. The van der Waals surface area contributed by atoms with Crippen LogP contribution in [0.1, 0.15) is 28.5 Å². The van der Waals surface area contributed by atoms with E-state index in [4.69, 9.17) is 5.73 Å². The number of nitrogens with zero attached hydrogens (tertiary/aromatic N) is 3. The fourth-order valence-corrected chi connectivity index (χ4v) is 3.28. The summed E-state index contributed by atoms with van der Waals surface area (Å²) >= 11 is 3.30. The van der Waals surface area contributed by atoms with E-state index in [1.54, 1.807) is 37.2 Å². The van der Waals surface area contributed by atoms with Gasteiger partial charge in [-0.05, 0) is 46.1 Å². The molecular formula is C19H19BrN4O2. The molecule has 1 aliphatic heterocycles. The van der Waals surface area contributed by atoms with Gasteiger partial charge in [-0.15, -0.1) is 0 Å². The van der Waals surface area contributed by atoms with Gasteiger partial charge >= 0.3 is 0 Å². The number of aliphatic imine (C=N–C) groups is 1. The Kier molecular flexibility index (Phi) is 4.91. The number of amides is 1. The molecule has 0 saturated carbocycles. The number of ketones is 1. The number of halogens is 1. The van der Waals surface area contributed by atoms with Crippen LogP contribution in [-0.2, 0) is 16.8 Å². The number of carbonyl (C=O) groups is 2. The zero-order valence-corrected chi connectivity index (χ0v) is 16.2. The predicted molar refractivity (Wildman–Crippen MR) is 103 cm³/mol. The SMILES string of the molecule is CN1CC(N)=NC(C)(c2cccc(CC(=O)c3ccc(Br)cn3)c2)C1=O. The molecule has 1 amide bonds. The van der Waals surface area contributed by atoms with E-state index < -0.39 is 5.54 Å². The van der Waals surface area contributed by atoms with Crippen LogP contribution in [-0.4, -0.2) is 41.0 Å². The minimum absolute atomic E-state index is 0.0880. The lowest BCUT2D eigenvalue weighted by Gasteiger charge is -2.34. The molecule has 7 heteroatoms. The van der Waals surface area contributed by atoms with Gasteiger partial charge in [0.2, 0.25) is 0 Å². The van der Waals surface area contributed by atoms with Gasteiger partial charge in [-0.2, -0.15) is 0 Å². The second kappa shape index (κ2) is 6.99. The van der Waals surface area contributed by atoms with Gasteiger partial charge < -0.3 is 10.6 Å². The number of Topliss-reactive ketones (excluding diaryl/α,β-unsaturated/α-hetero) is 1. The minimum Gasteiger partial charge on any atom is -0.386 e. The van der Waals surface area contributed by atoms with Crippen LogP contribution in [0.3, 0.4) is 0 Å². The summed E-state index contributed by atoms with van der Waals surface area (Å²) < 4.78 is 0.819. The average Bonchev–Trinajstić information content (AvgIpc) is 2.60. The molecule has 1 aliphatic rings. The Balaban J connectivity index is 1.89. The van der Waals surface area contributed by atoms with Crippen LogP contribution in [0.15, 0.2) is 52.1 Å². The molecule has 0 bridgehead atoms. The molecule has 2 N–H and O–H groups in total. The summed E-state index contributed by atoms with van der Waals surface area (Å²) in [6, 6.07) is 10.8. The van der Waals surface area contributed by atoms with Crippen LogP contribution < -0.4 is 5.73 Å². The molecule has 0 fully saturated rings. The smallest absolute Gasteiger partial charge is 0.255 e. The Morgan fingerprint density at radius 2 is 2.12 bits per heavy atom. The first-order valence-corrected chi connectivity index (χ1v) is 8.93. The van der Waals surface area contributed by atoms with E-state index in [-0.39, 0.29) is 18.1 Å². The number of carbonyl (C=O) groups excluding carboxylic acids is 2. The maximum Gasteiger partial charge on any atom is 0.255 e. The Hall–Kier alpha value is -2.54. The van der Waals surface area contributed by atoms with Crippen molar-refractivity contribution in [2.75, 3.05) is 13.6 Å². The van der Waals surface area contributed by atoms with Gasteiger partial charge in [0.25, 0.3) is 5.91 Å². The van der Waals surface area contributed by atoms with E-state index in [1.165, 1.54) is 0 Å². The van der Waals surface area contributed by atoms with E-state index >= 15 is 0 Å². The highest BCUT2D eigenvalue weighted by atomic mass is 79.9. The van der Waals surface area contributed by atoms with Crippen molar-refractivity contribution in [1.29, 1.82) is 0 Å². The molecule has 1 atom stereocenters. The summed E-state index contributed by atoms with van der Waals surface area (Å²) in [5.41, 5.74) is 6.74. The number of rotatable bonds is 4. The fraction of sp³-hybridized carbons (Fsp3) is 0.263. The minimum atomic E-state index is -1.08. The third-order valence-electron chi connectivity index (χ3n) is 4.40. The highest BCUT2D eigenvalue weighted by molar-refractivity contribution is 9.10. The quantitative estimate of drug-likeness (QED) is 0.777. The lowest BCUT2D eigenvalue weighted by Crippen LogP contribution is -2.51. The molecule has 1 unspecified atom stereocenters. The van der Waals surface area contributed by atoms with Crippen LogP contribution in [0.2, 0.25) is 0 Å². The summed E-state index contributed by atoms with van der Waals surface area (Å²) in [5.74, 6) is 0.204. The van der Waals surface area contributed by atoms with E-state index in [9.17, 15) is 9.59 Å². The first kappa shape index (κ1) is 18.3. The number of likely N-dealkylation sites (N-methyl/N-ethyl adjacent to an activating group) is 1. The summed E-state index contributed by atoms with van der Waals surface area (Å²) in [7, 11) is 1.70. The van der Waals surface area contributed by atoms with E-state index in [1.807, 2.05) is 24.3 Å². The predicted octanol–water partition coefficient (Wildman–Crippen LogP) is 2.31. The third-order valence-corrected chi connectivity index (χ3v) is 4.87. The van der Waals surface area contributed by atoms with Crippen molar-refractivity contribution in [3.63, 3.8) is 0 Å². The molecule has 134 valence electrons. The van der Waals surface area contributed by atoms with Crippen molar-refractivity contribution in [1.82, 2.24) is 9.88 Å². The van der Waals surface area contributed by atoms with Crippen LogP contribution in [0.5, 0.6) is 0 Å². The van der Waals surface area contributed by atoms with Crippen molar-refractivity contribution >= 4 is 33.5 Å². The van der Waals surface area contributed by atoms with Gasteiger partial charge in [0, 0.05) is 24.1 Å². The third kappa shape index (κ3) is 3.53. The zero-order chi connectivity index (χ0) is 18.9. The lowest BCUT2D eigenvalue weighted by atomic mass is 9.88. The van der Waals surface area contributed by atoms with Crippen LogP contribution in [0, 0.1) is 0 Å². The summed E-state index contributed by atoms with van der Waals surface area (Å²) in [6.45, 7) is 2.07. The number of amidine groups is 1. The van der Waals surface area contributed by atoms with E-state index in [0.717, 1.165) is 10.0 Å². The van der Waals surface area contributed by atoms with E-state index in [2.05, 4.69) is 25.9 Å². The zero-order valence-electron chi connectivity index (χ0n) is 14.6. The molecule has 0 aliphatic carbocycles. The largest absolute Gasteiger partial charge is 0.386 e. The number of hydrogen-bond acceptors (Lipinski definition) is 5. The first-order chi connectivity index (χ1) is 12.3. The fourth-order valence-electron chi connectivity index (χ4n) is 3.05. The summed E-state index contributed by atoms with van der Waals surface area (Å²) in [4.78, 5) is 35.2. The Morgan fingerprint density at radius 1 is 1.35 bits per heavy atom. The van der Waals surface area contributed by atoms with Crippen LogP contribution in [0.25, 0.3) is 0 Å². The van der Waals surface area contributed by atoms with Crippen molar-refractivity contribution in [2.24, 2.45) is 10.7 Å². The molecule has 2 heterocycles. The maximum atomic E-state index is 12.7. The van der Waals surface area contributed by atoms with Gasteiger partial charge in [-0.25, -0.2) is 4.99 Å². The van der Waals surface area contributed by atoms with Crippen LogP contribution >= 0.6 is 15.9 Å². The Bertz CT molecular complexity index is 895. The van der Waals surface area contributed by atoms with Crippen molar-refractivity contribution in [2.45, 2.75) is 18.9 Å². The van der Waals surface area contributed by atoms with Crippen molar-refractivity contribution in [3.8, 4) is 0 Å². The molecule has 3 rings (SSSR count). The molecule has 0 spiro atoms. The molecule has 1 aromatic heterocycles. The van der Waals surface area contributed by atoms with Crippen molar-refractivity contribution < 1.29 is 9.59 Å². The molecule has 0 saturated heterocycles. The molecule has 0 radical (unpaired) electrons. The second-order valence-corrected chi connectivity index (χ2v) is 7.41. The van der Waals surface area contributed by atoms with E-state index in [0.29, 0.717) is 23.6 Å². The van der Waals surface area contributed by atoms with Gasteiger partial charge in [0.05, 0.1) is 6.54 Å². The van der Waals surface area contributed by atoms with Gasteiger partial charge in [0.1, 0.15) is 11.5 Å². The number of aromatic nitrogens is 1. The molecule has 6 nitrogen and oxygen atoms in total. The number of hydrogen-bond donors (Lipinski definition) is 1. The topological polar surface area (TPSA) is 88.7 Å². The first-order valence-electron chi connectivity index (χ1n) is 8.13. The molecule has 2 aromatic rings.